The molecule has 0 bridgehead atoms. The molecule has 0 fully saturated rings. The van der Waals surface area contributed by atoms with Gasteiger partial charge in [-0.05, 0) is 19.9 Å². The predicted octanol–water partition coefficient (Wildman–Crippen LogP) is 0.00480. The Kier molecular flexibility index (Phi) is 9.18. The van der Waals surface area contributed by atoms with Gasteiger partial charge in [0.15, 0.2) is 0 Å². The van der Waals surface area contributed by atoms with Crippen molar-refractivity contribution >= 4 is 5.97 Å². The minimum absolute atomic E-state index is 0.0312. The minimum atomic E-state index is -0.697. The van der Waals surface area contributed by atoms with Gasteiger partial charge in [0.05, 0.1) is 19.1 Å². The summed E-state index contributed by atoms with van der Waals surface area (Å²) in [5.41, 5.74) is 0. The lowest BCUT2D eigenvalue weighted by Crippen LogP contribution is -2.34. The van der Waals surface area contributed by atoms with Crippen molar-refractivity contribution in [2.24, 2.45) is 0 Å². The molecule has 0 heterocycles. The summed E-state index contributed by atoms with van der Waals surface area (Å²) in [6.07, 6.45) is 0.0152. The average molecular weight is 233 g/mol. The summed E-state index contributed by atoms with van der Waals surface area (Å²) in [6.45, 7) is 6.17. The van der Waals surface area contributed by atoms with Crippen molar-refractivity contribution in [2.75, 3.05) is 32.8 Å². The van der Waals surface area contributed by atoms with Crippen molar-refractivity contribution in [3.63, 3.8) is 0 Å². The molecule has 5 nitrogen and oxygen atoms in total. The molecule has 0 rings (SSSR count). The molecular weight excluding hydrogens is 210 g/mol. The van der Waals surface area contributed by atoms with Gasteiger partial charge in [-0.2, -0.15) is 0 Å². The zero-order valence-corrected chi connectivity index (χ0v) is 10.2. The van der Waals surface area contributed by atoms with Gasteiger partial charge in [0.2, 0.25) is 0 Å². The SMILES string of the molecule is CCOC(=O)CC(O)CN(CC)CCCO. The summed E-state index contributed by atoms with van der Waals surface area (Å²) in [5, 5.41) is 18.3. The number of carbonyl (C=O) groups excluding carboxylic acids is 1. The van der Waals surface area contributed by atoms with E-state index in [1.165, 1.54) is 0 Å². The minimum Gasteiger partial charge on any atom is -0.466 e. The van der Waals surface area contributed by atoms with Gasteiger partial charge in [-0.15, -0.1) is 0 Å². The highest BCUT2D eigenvalue weighted by atomic mass is 16.5. The third kappa shape index (κ3) is 7.62. The number of esters is 1. The normalized spacial score (nSPS) is 12.8. The summed E-state index contributed by atoms with van der Waals surface area (Å²) >= 11 is 0. The van der Waals surface area contributed by atoms with Crippen LogP contribution in [0, 0.1) is 0 Å². The van der Waals surface area contributed by atoms with Crippen LogP contribution < -0.4 is 0 Å². The van der Waals surface area contributed by atoms with Crippen LogP contribution in [0.25, 0.3) is 0 Å². The fraction of sp³-hybridized carbons (Fsp3) is 0.909. The molecule has 5 heteroatoms. The van der Waals surface area contributed by atoms with Crippen molar-refractivity contribution in [1.82, 2.24) is 4.90 Å². The van der Waals surface area contributed by atoms with E-state index in [2.05, 4.69) is 0 Å². The summed E-state index contributed by atoms with van der Waals surface area (Å²) < 4.78 is 4.75. The number of hydrogen-bond donors (Lipinski definition) is 2. The monoisotopic (exact) mass is 233 g/mol. The van der Waals surface area contributed by atoms with Gasteiger partial charge in [0.25, 0.3) is 0 Å². The molecule has 0 aliphatic heterocycles. The second kappa shape index (κ2) is 9.57. The molecule has 0 saturated carbocycles. The quantitative estimate of drug-likeness (QED) is 0.549. The Morgan fingerprint density at radius 3 is 2.62 bits per heavy atom. The van der Waals surface area contributed by atoms with E-state index < -0.39 is 6.10 Å². The molecule has 0 aliphatic rings. The Labute approximate surface area is 97.0 Å². The predicted molar refractivity (Wildman–Crippen MR) is 61.1 cm³/mol. The first-order chi connectivity index (χ1) is 7.63. The van der Waals surface area contributed by atoms with Gasteiger partial charge in [-0.1, -0.05) is 6.92 Å². The zero-order chi connectivity index (χ0) is 12.4. The highest BCUT2D eigenvalue weighted by Gasteiger charge is 2.14. The molecule has 1 unspecified atom stereocenters. The molecule has 0 aromatic rings. The Hall–Kier alpha value is -0.650. The van der Waals surface area contributed by atoms with E-state index in [-0.39, 0.29) is 19.0 Å². The maximum atomic E-state index is 11.1. The van der Waals surface area contributed by atoms with Crippen molar-refractivity contribution in [3.8, 4) is 0 Å². The largest absolute Gasteiger partial charge is 0.466 e. The van der Waals surface area contributed by atoms with E-state index in [4.69, 9.17) is 9.84 Å². The topological polar surface area (TPSA) is 70.0 Å². The van der Waals surface area contributed by atoms with E-state index in [1.54, 1.807) is 6.92 Å². The first-order valence-corrected chi connectivity index (χ1v) is 5.80. The molecule has 1 atom stereocenters. The van der Waals surface area contributed by atoms with Crippen LogP contribution in [0.2, 0.25) is 0 Å². The van der Waals surface area contributed by atoms with Gasteiger partial charge in [-0.25, -0.2) is 0 Å². The second-order valence-corrected chi connectivity index (χ2v) is 3.63. The molecule has 16 heavy (non-hydrogen) atoms. The third-order valence-corrected chi connectivity index (χ3v) is 2.26. The van der Waals surface area contributed by atoms with E-state index in [1.807, 2.05) is 11.8 Å². The number of nitrogens with zero attached hydrogens (tertiary/aromatic N) is 1. The highest BCUT2D eigenvalue weighted by Crippen LogP contribution is 2.00. The van der Waals surface area contributed by atoms with Gasteiger partial charge < -0.3 is 19.8 Å². The van der Waals surface area contributed by atoms with Crippen molar-refractivity contribution in [1.29, 1.82) is 0 Å². The second-order valence-electron chi connectivity index (χ2n) is 3.63. The lowest BCUT2D eigenvalue weighted by atomic mass is 10.2. The first kappa shape index (κ1) is 15.3. The number of aliphatic hydroxyl groups excluding tert-OH is 2. The smallest absolute Gasteiger partial charge is 0.308 e. The Morgan fingerprint density at radius 1 is 1.44 bits per heavy atom. The summed E-state index contributed by atoms with van der Waals surface area (Å²) in [5.74, 6) is -0.367. The van der Waals surface area contributed by atoms with Gasteiger partial charge in [-0.3, -0.25) is 4.79 Å². The van der Waals surface area contributed by atoms with Crippen LogP contribution in [0.5, 0.6) is 0 Å². The van der Waals surface area contributed by atoms with Crippen LogP contribution in [-0.4, -0.2) is 60.0 Å². The van der Waals surface area contributed by atoms with Crippen LogP contribution in [-0.2, 0) is 9.53 Å². The van der Waals surface area contributed by atoms with Crippen LogP contribution in [0.4, 0.5) is 0 Å². The molecule has 0 amide bonds. The molecule has 0 aromatic carbocycles. The molecule has 0 saturated heterocycles. The maximum Gasteiger partial charge on any atom is 0.308 e. The first-order valence-electron chi connectivity index (χ1n) is 5.80. The van der Waals surface area contributed by atoms with Crippen molar-refractivity contribution < 1.29 is 19.7 Å². The summed E-state index contributed by atoms with van der Waals surface area (Å²) in [7, 11) is 0. The summed E-state index contributed by atoms with van der Waals surface area (Å²) in [6, 6.07) is 0. The highest BCUT2D eigenvalue weighted by molar-refractivity contribution is 5.69. The molecule has 0 radical (unpaired) electrons. The van der Waals surface area contributed by atoms with Gasteiger partial charge >= 0.3 is 5.97 Å². The Bertz CT molecular complexity index is 187. The third-order valence-electron chi connectivity index (χ3n) is 2.26. The lowest BCUT2D eigenvalue weighted by Gasteiger charge is -2.22. The van der Waals surface area contributed by atoms with E-state index >= 15 is 0 Å². The number of ether oxygens (including phenoxy) is 1. The van der Waals surface area contributed by atoms with Gasteiger partial charge in [0.1, 0.15) is 0 Å². The zero-order valence-electron chi connectivity index (χ0n) is 10.2. The molecule has 0 spiro atoms. The average Bonchev–Trinajstić information content (AvgIpc) is 2.24. The number of carbonyl (C=O) groups is 1. The standard InChI is InChI=1S/C11H23NO4/c1-3-12(6-5-7-13)9-10(14)8-11(15)16-4-2/h10,13-14H,3-9H2,1-2H3. The number of rotatable bonds is 9. The van der Waals surface area contributed by atoms with Gasteiger partial charge in [0, 0.05) is 19.7 Å². The van der Waals surface area contributed by atoms with Crippen LogP contribution >= 0.6 is 0 Å². The van der Waals surface area contributed by atoms with E-state index in [0.717, 1.165) is 13.1 Å². The maximum absolute atomic E-state index is 11.1. The van der Waals surface area contributed by atoms with Crippen molar-refractivity contribution in [2.45, 2.75) is 32.8 Å². The van der Waals surface area contributed by atoms with Crippen LogP contribution in [0.15, 0.2) is 0 Å². The number of hydrogen-bond acceptors (Lipinski definition) is 5. The van der Waals surface area contributed by atoms with E-state index in [9.17, 15) is 9.90 Å². The molecule has 0 aliphatic carbocycles. The van der Waals surface area contributed by atoms with Crippen LogP contribution in [0.3, 0.4) is 0 Å². The summed E-state index contributed by atoms with van der Waals surface area (Å²) in [4.78, 5) is 13.1. The number of aliphatic hydroxyl groups is 2. The van der Waals surface area contributed by atoms with Crippen molar-refractivity contribution in [3.05, 3.63) is 0 Å². The van der Waals surface area contributed by atoms with E-state index in [0.29, 0.717) is 19.6 Å². The molecular formula is C11H23NO4. The number of likely N-dealkylation sites (N-methyl/N-ethyl adjacent to an activating group) is 1. The fourth-order valence-electron chi connectivity index (χ4n) is 1.45. The molecule has 2 N–H and O–H groups in total. The Balaban J connectivity index is 3.81. The fourth-order valence-corrected chi connectivity index (χ4v) is 1.45. The lowest BCUT2D eigenvalue weighted by molar-refractivity contribution is -0.145. The molecule has 96 valence electrons. The Morgan fingerprint density at radius 2 is 2.12 bits per heavy atom. The van der Waals surface area contributed by atoms with Crippen LogP contribution in [0.1, 0.15) is 26.7 Å². The molecule has 0 aromatic heterocycles.